The molecule has 0 amide bonds. The summed E-state index contributed by atoms with van der Waals surface area (Å²) in [4.78, 5) is 10.8. The number of carbonyl (C=O) groups is 1. The average Bonchev–Trinajstić information content (AvgIpc) is 2.41. The van der Waals surface area contributed by atoms with Gasteiger partial charge in [0.25, 0.3) is 0 Å². The predicted octanol–water partition coefficient (Wildman–Crippen LogP) is 0.915. The fraction of sp³-hybridized carbons (Fsp3) is 0.333. The number of aryl methyl sites for hydroxylation is 2. The van der Waals surface area contributed by atoms with E-state index in [2.05, 4.69) is 9.84 Å². The number of rotatable bonds is 2. The van der Waals surface area contributed by atoms with Crippen LogP contribution in [0.25, 0.3) is 6.08 Å². The summed E-state index contributed by atoms with van der Waals surface area (Å²) in [5.41, 5.74) is 1.80. The molecule has 0 aliphatic heterocycles. The molecule has 0 bridgehead atoms. The van der Waals surface area contributed by atoms with E-state index in [-0.39, 0.29) is 5.97 Å². The van der Waals surface area contributed by atoms with Gasteiger partial charge < -0.3 is 4.74 Å². The summed E-state index contributed by atoms with van der Waals surface area (Å²) in [6.07, 6.45) is 3.04. The minimum absolute atomic E-state index is 0.362. The smallest absolute Gasteiger partial charge is 0.330 e. The molecule has 4 heteroatoms. The zero-order valence-electron chi connectivity index (χ0n) is 7.94. The van der Waals surface area contributed by atoms with Crippen LogP contribution in [0.4, 0.5) is 0 Å². The van der Waals surface area contributed by atoms with Gasteiger partial charge in [0.2, 0.25) is 0 Å². The molecule has 0 aromatic carbocycles. The van der Waals surface area contributed by atoms with Crippen LogP contribution in [0.1, 0.15) is 11.4 Å². The van der Waals surface area contributed by atoms with Crippen LogP contribution in [0, 0.1) is 6.92 Å². The van der Waals surface area contributed by atoms with Gasteiger partial charge in [-0.05, 0) is 19.1 Å². The van der Waals surface area contributed by atoms with E-state index in [1.165, 1.54) is 13.2 Å². The molecule has 0 aliphatic carbocycles. The predicted molar refractivity (Wildman–Crippen MR) is 49.0 cm³/mol. The number of hydrogen-bond donors (Lipinski definition) is 0. The van der Waals surface area contributed by atoms with Gasteiger partial charge in [-0.1, -0.05) is 0 Å². The molecule has 0 fully saturated rings. The maximum Gasteiger partial charge on any atom is 0.330 e. The number of hydrogen-bond acceptors (Lipinski definition) is 3. The summed E-state index contributed by atoms with van der Waals surface area (Å²) in [5.74, 6) is -0.362. The Bertz CT molecular complexity index is 339. The Morgan fingerprint density at radius 3 is 2.85 bits per heavy atom. The first-order valence-corrected chi connectivity index (χ1v) is 3.90. The van der Waals surface area contributed by atoms with Crippen LogP contribution in [0.2, 0.25) is 0 Å². The second kappa shape index (κ2) is 3.89. The van der Waals surface area contributed by atoms with E-state index < -0.39 is 0 Å². The number of methoxy groups -OCH3 is 1. The van der Waals surface area contributed by atoms with Crippen molar-refractivity contribution in [2.45, 2.75) is 6.92 Å². The summed E-state index contributed by atoms with van der Waals surface area (Å²) in [5, 5.41) is 4.13. The summed E-state index contributed by atoms with van der Waals surface area (Å²) in [6, 6.07) is 1.89. The van der Waals surface area contributed by atoms with Crippen molar-refractivity contribution in [2.24, 2.45) is 7.05 Å². The van der Waals surface area contributed by atoms with Gasteiger partial charge in [0.1, 0.15) is 0 Å². The maximum absolute atomic E-state index is 10.8. The lowest BCUT2D eigenvalue weighted by atomic mass is 10.3. The lowest BCUT2D eigenvalue weighted by molar-refractivity contribution is -0.134. The number of aromatic nitrogens is 2. The Morgan fingerprint density at radius 2 is 2.38 bits per heavy atom. The molecule has 0 atom stereocenters. The van der Waals surface area contributed by atoms with E-state index in [1.807, 2.05) is 20.0 Å². The van der Waals surface area contributed by atoms with Crippen LogP contribution in [-0.2, 0) is 16.6 Å². The molecule has 1 aromatic heterocycles. The Hall–Kier alpha value is -1.58. The summed E-state index contributed by atoms with van der Waals surface area (Å²) >= 11 is 0. The van der Waals surface area contributed by atoms with Crippen molar-refractivity contribution in [3.05, 3.63) is 23.5 Å². The van der Waals surface area contributed by atoms with Crippen LogP contribution >= 0.6 is 0 Å². The Balaban J connectivity index is 2.79. The molecular formula is C9H12N2O2. The quantitative estimate of drug-likeness (QED) is 0.502. The highest BCUT2D eigenvalue weighted by Crippen LogP contribution is 2.03. The average molecular weight is 180 g/mol. The van der Waals surface area contributed by atoms with Crippen molar-refractivity contribution in [1.29, 1.82) is 0 Å². The molecule has 4 nitrogen and oxygen atoms in total. The minimum Gasteiger partial charge on any atom is -0.466 e. The molecule has 0 saturated heterocycles. The van der Waals surface area contributed by atoms with E-state index in [0.717, 1.165) is 11.4 Å². The SMILES string of the molecule is COC(=O)C=Cc1cc(C)nn1C. The maximum atomic E-state index is 10.8. The third-order valence-electron chi connectivity index (χ3n) is 1.63. The Labute approximate surface area is 76.8 Å². The topological polar surface area (TPSA) is 44.1 Å². The van der Waals surface area contributed by atoms with Crippen molar-refractivity contribution < 1.29 is 9.53 Å². The highest BCUT2D eigenvalue weighted by molar-refractivity contribution is 5.86. The second-order valence-corrected chi connectivity index (χ2v) is 2.69. The molecule has 0 spiro atoms. The number of ether oxygens (including phenoxy) is 1. The summed E-state index contributed by atoms with van der Waals surface area (Å²) in [7, 11) is 3.17. The summed E-state index contributed by atoms with van der Waals surface area (Å²) in [6.45, 7) is 1.90. The zero-order chi connectivity index (χ0) is 9.84. The van der Waals surface area contributed by atoms with Gasteiger partial charge in [-0.15, -0.1) is 0 Å². The van der Waals surface area contributed by atoms with E-state index in [4.69, 9.17) is 0 Å². The van der Waals surface area contributed by atoms with E-state index in [0.29, 0.717) is 0 Å². The van der Waals surface area contributed by atoms with Gasteiger partial charge in [0, 0.05) is 13.1 Å². The number of esters is 1. The second-order valence-electron chi connectivity index (χ2n) is 2.69. The lowest BCUT2D eigenvalue weighted by Gasteiger charge is -1.92. The molecule has 1 rings (SSSR count). The van der Waals surface area contributed by atoms with Crippen LogP contribution in [-0.4, -0.2) is 22.9 Å². The molecule has 0 unspecified atom stereocenters. The molecule has 0 aliphatic rings. The molecule has 0 saturated carbocycles. The number of carbonyl (C=O) groups excluding carboxylic acids is 1. The minimum atomic E-state index is -0.362. The molecule has 13 heavy (non-hydrogen) atoms. The zero-order valence-corrected chi connectivity index (χ0v) is 7.94. The monoisotopic (exact) mass is 180 g/mol. The van der Waals surface area contributed by atoms with Gasteiger partial charge in [0.05, 0.1) is 18.5 Å². The summed E-state index contributed by atoms with van der Waals surface area (Å²) < 4.78 is 6.17. The van der Waals surface area contributed by atoms with Crippen molar-refractivity contribution in [1.82, 2.24) is 9.78 Å². The van der Waals surface area contributed by atoms with Crippen LogP contribution in [0.3, 0.4) is 0 Å². The van der Waals surface area contributed by atoms with Crippen molar-refractivity contribution >= 4 is 12.0 Å². The first-order chi connectivity index (χ1) is 6.13. The third kappa shape index (κ3) is 2.43. The van der Waals surface area contributed by atoms with Gasteiger partial charge >= 0.3 is 5.97 Å². The molecule has 70 valence electrons. The lowest BCUT2D eigenvalue weighted by Crippen LogP contribution is -1.96. The van der Waals surface area contributed by atoms with Crippen molar-refractivity contribution in [3.8, 4) is 0 Å². The van der Waals surface area contributed by atoms with Crippen LogP contribution < -0.4 is 0 Å². The van der Waals surface area contributed by atoms with E-state index in [9.17, 15) is 4.79 Å². The van der Waals surface area contributed by atoms with Gasteiger partial charge in [-0.3, -0.25) is 4.68 Å². The first kappa shape index (κ1) is 9.51. The molecule has 0 radical (unpaired) electrons. The van der Waals surface area contributed by atoms with Crippen LogP contribution in [0.15, 0.2) is 12.1 Å². The third-order valence-corrected chi connectivity index (χ3v) is 1.63. The molecule has 1 aromatic rings. The standard InChI is InChI=1S/C9H12N2O2/c1-7-6-8(11(2)10-7)4-5-9(12)13-3/h4-6H,1-3H3. The Kier molecular flexibility index (Phi) is 2.84. The van der Waals surface area contributed by atoms with E-state index >= 15 is 0 Å². The van der Waals surface area contributed by atoms with Crippen LogP contribution in [0.5, 0.6) is 0 Å². The largest absolute Gasteiger partial charge is 0.466 e. The van der Waals surface area contributed by atoms with Gasteiger partial charge in [-0.25, -0.2) is 4.79 Å². The molecule has 1 heterocycles. The highest BCUT2D eigenvalue weighted by atomic mass is 16.5. The van der Waals surface area contributed by atoms with Gasteiger partial charge in [-0.2, -0.15) is 5.10 Å². The van der Waals surface area contributed by atoms with Crippen molar-refractivity contribution in [3.63, 3.8) is 0 Å². The van der Waals surface area contributed by atoms with Gasteiger partial charge in [0.15, 0.2) is 0 Å². The number of nitrogens with zero attached hydrogens (tertiary/aromatic N) is 2. The van der Waals surface area contributed by atoms with Crippen molar-refractivity contribution in [2.75, 3.05) is 7.11 Å². The Morgan fingerprint density at radius 1 is 1.69 bits per heavy atom. The fourth-order valence-corrected chi connectivity index (χ4v) is 1.01. The highest BCUT2D eigenvalue weighted by Gasteiger charge is 1.98. The normalized spacial score (nSPS) is 10.7. The molecular weight excluding hydrogens is 168 g/mol. The van der Waals surface area contributed by atoms with E-state index in [1.54, 1.807) is 10.8 Å². The fourth-order valence-electron chi connectivity index (χ4n) is 1.01. The molecule has 0 N–H and O–H groups in total. The first-order valence-electron chi connectivity index (χ1n) is 3.90.